The van der Waals surface area contributed by atoms with Crippen LogP contribution in [0.1, 0.15) is 39.5 Å². The third-order valence-corrected chi connectivity index (χ3v) is 3.26. The van der Waals surface area contributed by atoms with Crippen LogP contribution < -0.4 is 0 Å². The Bertz CT molecular complexity index is 134. The maximum Gasteiger partial charge on any atom is 0.0580 e. The van der Waals surface area contributed by atoms with Crippen molar-refractivity contribution in [1.82, 2.24) is 4.90 Å². The first-order valence-corrected chi connectivity index (χ1v) is 5.68. The molecule has 0 aromatic carbocycles. The lowest BCUT2D eigenvalue weighted by atomic mass is 9.86. The first-order chi connectivity index (χ1) is 6.27. The summed E-state index contributed by atoms with van der Waals surface area (Å²) < 4.78 is 0. The molecule has 0 heterocycles. The van der Waals surface area contributed by atoms with Crippen molar-refractivity contribution in [2.75, 3.05) is 19.6 Å². The smallest absolute Gasteiger partial charge is 0.0580 e. The Labute approximate surface area is 81.9 Å². The van der Waals surface area contributed by atoms with Gasteiger partial charge in [0.05, 0.1) is 6.10 Å². The molecule has 0 saturated heterocycles. The van der Waals surface area contributed by atoms with Crippen LogP contribution in [0.25, 0.3) is 0 Å². The maximum absolute atomic E-state index is 9.78. The van der Waals surface area contributed by atoms with Crippen molar-refractivity contribution in [3.8, 4) is 0 Å². The quantitative estimate of drug-likeness (QED) is 0.723. The third-order valence-electron chi connectivity index (χ3n) is 3.26. The Kier molecular flexibility index (Phi) is 4.74. The van der Waals surface area contributed by atoms with E-state index < -0.39 is 0 Å². The van der Waals surface area contributed by atoms with Crippen molar-refractivity contribution in [3.05, 3.63) is 0 Å². The van der Waals surface area contributed by atoms with Gasteiger partial charge in [0.2, 0.25) is 0 Å². The van der Waals surface area contributed by atoms with Crippen LogP contribution in [0.3, 0.4) is 0 Å². The van der Waals surface area contributed by atoms with Crippen LogP contribution >= 0.6 is 0 Å². The van der Waals surface area contributed by atoms with E-state index in [-0.39, 0.29) is 6.10 Å². The van der Waals surface area contributed by atoms with E-state index >= 15 is 0 Å². The van der Waals surface area contributed by atoms with Crippen molar-refractivity contribution >= 4 is 0 Å². The molecule has 78 valence electrons. The highest BCUT2D eigenvalue weighted by Crippen LogP contribution is 2.24. The molecule has 2 atom stereocenters. The molecule has 1 fully saturated rings. The molecule has 13 heavy (non-hydrogen) atoms. The Morgan fingerprint density at radius 2 is 1.77 bits per heavy atom. The van der Waals surface area contributed by atoms with Gasteiger partial charge in [0.25, 0.3) is 0 Å². The largest absolute Gasteiger partial charge is 0.393 e. The van der Waals surface area contributed by atoms with Gasteiger partial charge < -0.3 is 10.0 Å². The normalized spacial score (nSPS) is 29.5. The molecule has 1 aliphatic rings. The maximum atomic E-state index is 9.78. The second-order valence-corrected chi connectivity index (χ2v) is 4.10. The van der Waals surface area contributed by atoms with Crippen molar-refractivity contribution < 1.29 is 5.11 Å². The summed E-state index contributed by atoms with van der Waals surface area (Å²) >= 11 is 0. The summed E-state index contributed by atoms with van der Waals surface area (Å²) in [5.41, 5.74) is 0. The molecule has 0 aromatic rings. The van der Waals surface area contributed by atoms with E-state index in [1.54, 1.807) is 0 Å². The molecular formula is C11H23NO. The van der Waals surface area contributed by atoms with Crippen LogP contribution in [0, 0.1) is 5.92 Å². The molecule has 0 bridgehead atoms. The summed E-state index contributed by atoms with van der Waals surface area (Å²) in [4.78, 5) is 2.42. The van der Waals surface area contributed by atoms with Crippen LogP contribution in [-0.4, -0.2) is 35.7 Å². The average molecular weight is 185 g/mol. The fourth-order valence-electron chi connectivity index (χ4n) is 2.21. The molecule has 1 N–H and O–H groups in total. The van der Waals surface area contributed by atoms with Gasteiger partial charge in [0.15, 0.2) is 0 Å². The van der Waals surface area contributed by atoms with Crippen molar-refractivity contribution in [3.63, 3.8) is 0 Å². The molecule has 2 nitrogen and oxygen atoms in total. The summed E-state index contributed by atoms with van der Waals surface area (Å²) in [6.45, 7) is 7.70. The molecule has 1 saturated carbocycles. The SMILES string of the molecule is CCN(CC)C[C@@H]1CCCC[C@H]1O. The van der Waals surface area contributed by atoms with Gasteiger partial charge in [0, 0.05) is 6.54 Å². The van der Waals surface area contributed by atoms with Gasteiger partial charge in [-0.2, -0.15) is 0 Å². The molecule has 0 aromatic heterocycles. The van der Waals surface area contributed by atoms with Crippen LogP contribution in [-0.2, 0) is 0 Å². The number of aliphatic hydroxyl groups excluding tert-OH is 1. The van der Waals surface area contributed by atoms with Crippen LogP contribution in [0.5, 0.6) is 0 Å². The van der Waals surface area contributed by atoms with E-state index in [0.29, 0.717) is 5.92 Å². The topological polar surface area (TPSA) is 23.5 Å². The van der Waals surface area contributed by atoms with E-state index in [0.717, 1.165) is 26.1 Å². The van der Waals surface area contributed by atoms with Gasteiger partial charge in [-0.25, -0.2) is 0 Å². The zero-order chi connectivity index (χ0) is 9.68. The monoisotopic (exact) mass is 185 g/mol. The minimum atomic E-state index is -0.0330. The van der Waals surface area contributed by atoms with Crippen molar-refractivity contribution in [2.45, 2.75) is 45.6 Å². The summed E-state index contributed by atoms with van der Waals surface area (Å²) in [7, 11) is 0. The number of aliphatic hydroxyl groups is 1. The zero-order valence-corrected chi connectivity index (χ0v) is 9.00. The lowest BCUT2D eigenvalue weighted by Crippen LogP contribution is -2.36. The van der Waals surface area contributed by atoms with E-state index in [1.165, 1.54) is 19.3 Å². The molecule has 0 radical (unpaired) electrons. The predicted octanol–water partition coefficient (Wildman–Crippen LogP) is 1.88. The zero-order valence-electron chi connectivity index (χ0n) is 9.00. The van der Waals surface area contributed by atoms with Crippen LogP contribution in [0.15, 0.2) is 0 Å². The molecular weight excluding hydrogens is 162 g/mol. The average Bonchev–Trinajstić information content (AvgIpc) is 2.17. The Balaban J connectivity index is 2.32. The van der Waals surface area contributed by atoms with E-state index in [9.17, 15) is 5.11 Å². The van der Waals surface area contributed by atoms with Crippen molar-refractivity contribution in [1.29, 1.82) is 0 Å². The first kappa shape index (κ1) is 11.0. The highest BCUT2D eigenvalue weighted by Gasteiger charge is 2.23. The summed E-state index contributed by atoms with van der Waals surface area (Å²) in [6.07, 6.45) is 4.73. The molecule has 0 aliphatic heterocycles. The second-order valence-electron chi connectivity index (χ2n) is 4.10. The Morgan fingerprint density at radius 1 is 1.15 bits per heavy atom. The molecule has 0 unspecified atom stereocenters. The van der Waals surface area contributed by atoms with Gasteiger partial charge in [-0.15, -0.1) is 0 Å². The standard InChI is InChI=1S/C11H23NO/c1-3-12(4-2)9-10-7-5-6-8-11(10)13/h10-11,13H,3-9H2,1-2H3/t10-,11+/m0/s1. The van der Waals surface area contributed by atoms with E-state index in [2.05, 4.69) is 18.7 Å². The summed E-state index contributed by atoms with van der Waals surface area (Å²) in [5, 5.41) is 9.78. The fraction of sp³-hybridized carbons (Fsp3) is 1.00. The highest BCUT2D eigenvalue weighted by atomic mass is 16.3. The number of nitrogens with zero attached hydrogens (tertiary/aromatic N) is 1. The van der Waals surface area contributed by atoms with Crippen LogP contribution in [0.2, 0.25) is 0 Å². The number of rotatable bonds is 4. The fourth-order valence-corrected chi connectivity index (χ4v) is 2.21. The molecule has 1 aliphatic carbocycles. The molecule has 0 amide bonds. The highest BCUT2D eigenvalue weighted by molar-refractivity contribution is 4.76. The minimum Gasteiger partial charge on any atom is -0.393 e. The first-order valence-electron chi connectivity index (χ1n) is 5.68. The van der Waals surface area contributed by atoms with Gasteiger partial charge >= 0.3 is 0 Å². The summed E-state index contributed by atoms with van der Waals surface area (Å²) in [6, 6.07) is 0. The van der Waals surface area contributed by atoms with Gasteiger partial charge in [-0.05, 0) is 31.8 Å². The summed E-state index contributed by atoms with van der Waals surface area (Å²) in [5.74, 6) is 0.536. The molecule has 1 rings (SSSR count). The van der Waals surface area contributed by atoms with Crippen molar-refractivity contribution in [2.24, 2.45) is 5.92 Å². The van der Waals surface area contributed by atoms with E-state index in [4.69, 9.17) is 0 Å². The lowest BCUT2D eigenvalue weighted by Gasteiger charge is -2.31. The predicted molar refractivity (Wildman–Crippen MR) is 55.8 cm³/mol. The van der Waals surface area contributed by atoms with Crippen LogP contribution in [0.4, 0.5) is 0 Å². The molecule has 2 heteroatoms. The van der Waals surface area contributed by atoms with E-state index in [1.807, 2.05) is 0 Å². The van der Waals surface area contributed by atoms with Gasteiger partial charge in [-0.1, -0.05) is 26.7 Å². The lowest BCUT2D eigenvalue weighted by molar-refractivity contribution is 0.0485. The Morgan fingerprint density at radius 3 is 2.31 bits per heavy atom. The minimum absolute atomic E-state index is 0.0330. The second kappa shape index (κ2) is 5.61. The van der Waals surface area contributed by atoms with Gasteiger partial charge in [0.1, 0.15) is 0 Å². The Hall–Kier alpha value is -0.0800. The number of hydrogen-bond acceptors (Lipinski definition) is 2. The third kappa shape index (κ3) is 3.28. The number of hydrogen-bond donors (Lipinski definition) is 1. The molecule has 0 spiro atoms. The van der Waals surface area contributed by atoms with Gasteiger partial charge in [-0.3, -0.25) is 0 Å².